The lowest BCUT2D eigenvalue weighted by atomic mass is 9.78. The standard InChI is InChI=1S/C16H25N3O4/c1-9(2)19-15(22)14(21)18(16(19)23)8-13(20)17-12-7-5-6-10(3)11(12)4/h9-12H,5-8H2,1-4H3,(H,17,20)/t10-,11-,12+/m0/s1. The summed E-state index contributed by atoms with van der Waals surface area (Å²) in [6, 6.07) is -1.07. The van der Waals surface area contributed by atoms with Crippen molar-refractivity contribution in [2.24, 2.45) is 11.8 Å². The Morgan fingerprint density at radius 1 is 1.17 bits per heavy atom. The number of rotatable bonds is 4. The van der Waals surface area contributed by atoms with Crippen molar-refractivity contribution in [3.05, 3.63) is 0 Å². The highest BCUT2D eigenvalue weighted by Crippen LogP contribution is 2.29. The number of imide groups is 2. The van der Waals surface area contributed by atoms with E-state index in [0.717, 1.165) is 29.1 Å². The molecule has 1 aliphatic carbocycles. The van der Waals surface area contributed by atoms with Crippen LogP contribution in [-0.4, -0.2) is 52.2 Å². The normalized spacial score (nSPS) is 28.7. The molecule has 2 rings (SSSR count). The minimum absolute atomic E-state index is 0.0518. The van der Waals surface area contributed by atoms with E-state index in [1.807, 2.05) is 0 Å². The van der Waals surface area contributed by atoms with Crippen molar-refractivity contribution in [3.8, 4) is 0 Å². The Balaban J connectivity index is 1.99. The second-order valence-electron chi connectivity index (χ2n) is 6.88. The molecule has 3 atom stereocenters. The molecule has 0 aromatic carbocycles. The monoisotopic (exact) mass is 323 g/mol. The summed E-state index contributed by atoms with van der Waals surface area (Å²) in [6.07, 6.45) is 3.10. The van der Waals surface area contributed by atoms with E-state index in [0.29, 0.717) is 11.8 Å². The van der Waals surface area contributed by atoms with E-state index in [9.17, 15) is 19.2 Å². The highest BCUT2D eigenvalue weighted by Gasteiger charge is 2.46. The van der Waals surface area contributed by atoms with Crippen LogP contribution in [0.1, 0.15) is 47.0 Å². The third-order valence-corrected chi connectivity index (χ3v) is 4.96. The Kier molecular flexibility index (Phi) is 5.06. The molecular formula is C16H25N3O4. The Labute approximate surface area is 136 Å². The van der Waals surface area contributed by atoms with Crippen molar-refractivity contribution in [3.63, 3.8) is 0 Å². The maximum absolute atomic E-state index is 12.2. The van der Waals surface area contributed by atoms with E-state index < -0.39 is 36.3 Å². The highest BCUT2D eigenvalue weighted by molar-refractivity contribution is 6.45. The van der Waals surface area contributed by atoms with E-state index >= 15 is 0 Å². The maximum Gasteiger partial charge on any atom is 0.334 e. The van der Waals surface area contributed by atoms with Crippen molar-refractivity contribution in [2.75, 3.05) is 6.54 Å². The summed E-state index contributed by atoms with van der Waals surface area (Å²) in [5.74, 6) is -1.30. The Morgan fingerprint density at radius 3 is 2.39 bits per heavy atom. The number of carbonyl (C=O) groups is 4. The Morgan fingerprint density at radius 2 is 1.83 bits per heavy atom. The zero-order valence-corrected chi connectivity index (χ0v) is 14.2. The fourth-order valence-corrected chi connectivity index (χ4v) is 3.30. The average Bonchev–Trinajstić information content (AvgIpc) is 2.67. The van der Waals surface area contributed by atoms with E-state index in [-0.39, 0.29) is 6.04 Å². The first kappa shape index (κ1) is 17.4. The van der Waals surface area contributed by atoms with Crippen LogP contribution in [-0.2, 0) is 14.4 Å². The number of nitrogens with one attached hydrogen (secondary N) is 1. The van der Waals surface area contributed by atoms with E-state index in [4.69, 9.17) is 0 Å². The van der Waals surface area contributed by atoms with E-state index in [1.54, 1.807) is 13.8 Å². The molecule has 2 fully saturated rings. The fraction of sp³-hybridized carbons (Fsp3) is 0.750. The van der Waals surface area contributed by atoms with Crippen molar-refractivity contribution in [1.82, 2.24) is 15.1 Å². The van der Waals surface area contributed by atoms with Gasteiger partial charge in [-0.05, 0) is 32.1 Å². The molecule has 5 amide bonds. The van der Waals surface area contributed by atoms with Gasteiger partial charge in [0, 0.05) is 12.1 Å². The molecule has 0 aromatic rings. The minimum atomic E-state index is -0.927. The number of hydrogen-bond acceptors (Lipinski definition) is 4. The summed E-state index contributed by atoms with van der Waals surface area (Å²) in [5.41, 5.74) is 0. The second kappa shape index (κ2) is 6.68. The molecule has 128 valence electrons. The summed E-state index contributed by atoms with van der Waals surface area (Å²) < 4.78 is 0. The van der Waals surface area contributed by atoms with E-state index in [1.165, 1.54) is 0 Å². The van der Waals surface area contributed by atoms with Gasteiger partial charge in [0.25, 0.3) is 0 Å². The van der Waals surface area contributed by atoms with Gasteiger partial charge in [0.2, 0.25) is 5.91 Å². The molecule has 0 unspecified atom stereocenters. The van der Waals surface area contributed by atoms with E-state index in [2.05, 4.69) is 19.2 Å². The van der Waals surface area contributed by atoms with Gasteiger partial charge in [-0.15, -0.1) is 0 Å². The van der Waals surface area contributed by atoms with Crippen LogP contribution in [0.5, 0.6) is 0 Å². The van der Waals surface area contributed by atoms with Crippen LogP contribution in [0.15, 0.2) is 0 Å². The topological polar surface area (TPSA) is 86.8 Å². The first-order valence-corrected chi connectivity index (χ1v) is 8.22. The predicted octanol–water partition coefficient (Wildman–Crippen LogP) is 1.13. The SMILES string of the molecule is CC(C)N1C(=O)C(=O)N(CC(=O)N[C@@H]2CCC[C@H](C)[C@@H]2C)C1=O. The van der Waals surface area contributed by atoms with Crippen LogP contribution >= 0.6 is 0 Å². The van der Waals surface area contributed by atoms with Crippen LogP contribution in [0.2, 0.25) is 0 Å². The van der Waals surface area contributed by atoms with Crippen molar-refractivity contribution < 1.29 is 19.2 Å². The molecule has 1 saturated carbocycles. The van der Waals surface area contributed by atoms with Gasteiger partial charge in [-0.1, -0.05) is 26.7 Å². The molecular weight excluding hydrogens is 298 g/mol. The highest BCUT2D eigenvalue weighted by atomic mass is 16.2. The predicted molar refractivity (Wildman–Crippen MR) is 83.2 cm³/mol. The molecule has 2 aliphatic rings. The zero-order chi connectivity index (χ0) is 17.3. The molecule has 7 heteroatoms. The molecule has 0 bridgehead atoms. The molecule has 0 spiro atoms. The molecule has 0 radical (unpaired) electrons. The molecule has 1 saturated heterocycles. The van der Waals surface area contributed by atoms with Crippen LogP contribution < -0.4 is 5.32 Å². The fourth-order valence-electron chi connectivity index (χ4n) is 3.30. The molecule has 0 aromatic heterocycles. The Hall–Kier alpha value is -1.92. The lowest BCUT2D eigenvalue weighted by molar-refractivity contribution is -0.144. The van der Waals surface area contributed by atoms with Crippen LogP contribution in [0, 0.1) is 11.8 Å². The lowest BCUT2D eigenvalue weighted by Gasteiger charge is -2.34. The molecule has 1 heterocycles. The van der Waals surface area contributed by atoms with Gasteiger partial charge in [-0.3, -0.25) is 19.3 Å². The maximum atomic E-state index is 12.2. The zero-order valence-electron chi connectivity index (χ0n) is 14.2. The molecule has 1 N–H and O–H groups in total. The van der Waals surface area contributed by atoms with Crippen molar-refractivity contribution in [2.45, 2.75) is 59.0 Å². The summed E-state index contributed by atoms with van der Waals surface area (Å²) in [4.78, 5) is 49.7. The number of amides is 5. The minimum Gasteiger partial charge on any atom is -0.352 e. The molecule has 23 heavy (non-hydrogen) atoms. The van der Waals surface area contributed by atoms with Crippen molar-refractivity contribution >= 4 is 23.8 Å². The summed E-state index contributed by atoms with van der Waals surface area (Å²) in [6.45, 7) is 7.17. The third kappa shape index (κ3) is 3.38. The van der Waals surface area contributed by atoms with Crippen LogP contribution in [0.25, 0.3) is 0 Å². The number of carbonyl (C=O) groups excluding carboxylic acids is 4. The van der Waals surface area contributed by atoms with Crippen LogP contribution in [0.3, 0.4) is 0 Å². The number of urea groups is 1. The first-order valence-electron chi connectivity index (χ1n) is 8.22. The van der Waals surface area contributed by atoms with Gasteiger partial charge in [0.05, 0.1) is 0 Å². The summed E-state index contributed by atoms with van der Waals surface area (Å²) in [7, 11) is 0. The van der Waals surface area contributed by atoms with Gasteiger partial charge in [0.1, 0.15) is 6.54 Å². The van der Waals surface area contributed by atoms with Gasteiger partial charge in [-0.25, -0.2) is 9.69 Å². The van der Waals surface area contributed by atoms with Gasteiger partial charge in [0.15, 0.2) is 0 Å². The van der Waals surface area contributed by atoms with Gasteiger partial charge < -0.3 is 5.32 Å². The lowest BCUT2D eigenvalue weighted by Crippen LogP contribution is -2.48. The summed E-state index contributed by atoms with van der Waals surface area (Å²) in [5, 5.41) is 2.91. The second-order valence-corrected chi connectivity index (χ2v) is 6.88. The molecule has 1 aliphatic heterocycles. The Bertz CT molecular complexity index is 531. The smallest absolute Gasteiger partial charge is 0.334 e. The van der Waals surface area contributed by atoms with Crippen molar-refractivity contribution in [1.29, 1.82) is 0 Å². The number of nitrogens with zero attached hydrogens (tertiary/aromatic N) is 2. The quantitative estimate of drug-likeness (QED) is 0.620. The van der Waals surface area contributed by atoms with Crippen LogP contribution in [0.4, 0.5) is 4.79 Å². The first-order chi connectivity index (χ1) is 10.7. The summed E-state index contributed by atoms with van der Waals surface area (Å²) >= 11 is 0. The largest absolute Gasteiger partial charge is 0.352 e. The van der Waals surface area contributed by atoms with Gasteiger partial charge in [-0.2, -0.15) is 0 Å². The molecule has 7 nitrogen and oxygen atoms in total. The van der Waals surface area contributed by atoms with Gasteiger partial charge >= 0.3 is 17.8 Å². The number of hydrogen-bond donors (Lipinski definition) is 1. The third-order valence-electron chi connectivity index (χ3n) is 4.96. The average molecular weight is 323 g/mol.